The van der Waals surface area contributed by atoms with E-state index in [4.69, 9.17) is 9.68 Å². The molecule has 0 unspecified atom stereocenters. The Labute approximate surface area is 104 Å². The van der Waals surface area contributed by atoms with Crippen LogP contribution in [0.25, 0.3) is 11.5 Å². The summed E-state index contributed by atoms with van der Waals surface area (Å²) in [6.07, 6.45) is 0. The lowest BCUT2D eigenvalue weighted by Gasteiger charge is -1.96. The highest BCUT2D eigenvalue weighted by Crippen LogP contribution is 2.21. The van der Waals surface area contributed by atoms with Crippen LogP contribution in [0.3, 0.4) is 0 Å². The maximum Gasteiger partial charge on any atom is 0.289 e. The maximum atomic E-state index is 11.7. The Kier molecular flexibility index (Phi) is 3.39. The van der Waals surface area contributed by atoms with Crippen molar-refractivity contribution in [3.8, 4) is 17.5 Å². The lowest BCUT2D eigenvalue weighted by molar-refractivity contribution is 0.0931. The Morgan fingerprint density at radius 1 is 1.44 bits per heavy atom. The van der Waals surface area contributed by atoms with Gasteiger partial charge in [0.1, 0.15) is 6.54 Å². The van der Waals surface area contributed by atoms with Gasteiger partial charge in [0.2, 0.25) is 11.7 Å². The number of oxazole rings is 1. The fourth-order valence-electron chi connectivity index (χ4n) is 1.51. The molecular formula is C13H11N3O2. The van der Waals surface area contributed by atoms with Crippen LogP contribution in [-0.4, -0.2) is 17.4 Å². The number of hydrogen-bond donors (Lipinski definition) is 1. The van der Waals surface area contributed by atoms with Crippen molar-refractivity contribution in [1.29, 1.82) is 5.26 Å². The van der Waals surface area contributed by atoms with Gasteiger partial charge in [0.25, 0.3) is 5.91 Å². The number of carbonyl (C=O) groups is 1. The van der Waals surface area contributed by atoms with E-state index >= 15 is 0 Å². The van der Waals surface area contributed by atoms with E-state index in [0.717, 1.165) is 5.56 Å². The molecular weight excluding hydrogens is 230 g/mol. The van der Waals surface area contributed by atoms with Crippen LogP contribution in [0.15, 0.2) is 34.7 Å². The summed E-state index contributed by atoms with van der Waals surface area (Å²) < 4.78 is 5.43. The van der Waals surface area contributed by atoms with Gasteiger partial charge in [-0.05, 0) is 19.1 Å². The molecule has 18 heavy (non-hydrogen) atoms. The minimum absolute atomic E-state index is 0.0559. The fourth-order valence-corrected chi connectivity index (χ4v) is 1.51. The van der Waals surface area contributed by atoms with Gasteiger partial charge >= 0.3 is 0 Å². The van der Waals surface area contributed by atoms with Gasteiger partial charge < -0.3 is 9.73 Å². The molecule has 1 amide bonds. The first kappa shape index (κ1) is 11.9. The molecule has 1 aromatic carbocycles. The molecule has 0 aliphatic rings. The van der Waals surface area contributed by atoms with E-state index in [1.165, 1.54) is 0 Å². The van der Waals surface area contributed by atoms with E-state index in [9.17, 15) is 4.79 Å². The topological polar surface area (TPSA) is 78.9 Å². The molecule has 0 spiro atoms. The molecule has 90 valence electrons. The van der Waals surface area contributed by atoms with Crippen LogP contribution in [0.2, 0.25) is 0 Å². The molecule has 0 aliphatic carbocycles. The molecule has 1 N–H and O–H groups in total. The third kappa shape index (κ3) is 2.38. The van der Waals surface area contributed by atoms with Gasteiger partial charge in [-0.15, -0.1) is 0 Å². The minimum atomic E-state index is -0.427. The molecule has 2 aromatic rings. The quantitative estimate of drug-likeness (QED) is 0.832. The molecule has 5 heteroatoms. The molecule has 2 rings (SSSR count). The summed E-state index contributed by atoms with van der Waals surface area (Å²) in [4.78, 5) is 15.9. The van der Waals surface area contributed by atoms with Crippen molar-refractivity contribution in [2.45, 2.75) is 6.92 Å². The number of aryl methyl sites for hydroxylation is 1. The Bertz CT molecular complexity index is 596. The van der Waals surface area contributed by atoms with Gasteiger partial charge in [0, 0.05) is 5.56 Å². The molecule has 0 bridgehead atoms. The predicted molar refractivity (Wildman–Crippen MR) is 64.6 cm³/mol. The lowest BCUT2D eigenvalue weighted by Crippen LogP contribution is -2.23. The molecule has 0 saturated carbocycles. The van der Waals surface area contributed by atoms with Crippen LogP contribution in [-0.2, 0) is 0 Å². The van der Waals surface area contributed by atoms with Gasteiger partial charge in [-0.25, -0.2) is 4.98 Å². The van der Waals surface area contributed by atoms with Gasteiger partial charge in [-0.1, -0.05) is 18.2 Å². The van der Waals surface area contributed by atoms with E-state index < -0.39 is 5.91 Å². The normalized spacial score (nSPS) is 9.78. The number of rotatable bonds is 3. The van der Waals surface area contributed by atoms with Crippen molar-refractivity contribution in [1.82, 2.24) is 10.3 Å². The van der Waals surface area contributed by atoms with Crippen LogP contribution >= 0.6 is 0 Å². The number of nitrogens with one attached hydrogen (secondary N) is 1. The van der Waals surface area contributed by atoms with Crippen LogP contribution < -0.4 is 5.32 Å². The average Bonchev–Trinajstić information content (AvgIpc) is 2.79. The standard InChI is InChI=1S/C13H11N3O2/c1-9-11(12(17)15-8-7-14)18-13(16-9)10-5-3-2-4-6-10/h2-6H,8H2,1H3,(H,15,17). The van der Waals surface area contributed by atoms with Crippen LogP contribution in [0.4, 0.5) is 0 Å². The Balaban J connectivity index is 2.28. The second-order valence-electron chi connectivity index (χ2n) is 3.64. The number of benzene rings is 1. The molecule has 5 nitrogen and oxygen atoms in total. The van der Waals surface area contributed by atoms with Crippen LogP contribution in [0.1, 0.15) is 16.2 Å². The van der Waals surface area contributed by atoms with Crippen molar-refractivity contribution >= 4 is 5.91 Å². The van der Waals surface area contributed by atoms with E-state index in [1.807, 2.05) is 36.4 Å². The predicted octanol–water partition coefficient (Wildman–Crippen LogP) is 1.90. The highest BCUT2D eigenvalue weighted by molar-refractivity contribution is 5.92. The SMILES string of the molecule is Cc1nc(-c2ccccc2)oc1C(=O)NCC#N. The van der Waals surface area contributed by atoms with E-state index in [2.05, 4.69) is 10.3 Å². The van der Waals surface area contributed by atoms with Crippen molar-refractivity contribution in [2.24, 2.45) is 0 Å². The summed E-state index contributed by atoms with van der Waals surface area (Å²) in [6, 6.07) is 11.2. The zero-order valence-electron chi connectivity index (χ0n) is 9.80. The second kappa shape index (κ2) is 5.15. The third-order valence-electron chi connectivity index (χ3n) is 2.35. The number of nitriles is 1. The lowest BCUT2D eigenvalue weighted by atomic mass is 10.2. The minimum Gasteiger partial charge on any atom is -0.431 e. The number of hydrogen-bond acceptors (Lipinski definition) is 4. The average molecular weight is 241 g/mol. The molecule has 0 atom stereocenters. The van der Waals surface area contributed by atoms with Gasteiger partial charge in [0.05, 0.1) is 11.8 Å². The molecule has 0 fully saturated rings. The monoisotopic (exact) mass is 241 g/mol. The number of carbonyl (C=O) groups excluding carboxylic acids is 1. The highest BCUT2D eigenvalue weighted by atomic mass is 16.4. The van der Waals surface area contributed by atoms with Crippen LogP contribution in [0, 0.1) is 18.3 Å². The van der Waals surface area contributed by atoms with Gasteiger partial charge in [0.15, 0.2) is 0 Å². The maximum absolute atomic E-state index is 11.7. The number of nitrogens with zero attached hydrogens (tertiary/aromatic N) is 2. The molecule has 0 radical (unpaired) electrons. The number of aromatic nitrogens is 1. The molecule has 1 heterocycles. The summed E-state index contributed by atoms with van der Waals surface area (Å²) in [5, 5.41) is 10.8. The van der Waals surface area contributed by atoms with Crippen molar-refractivity contribution in [2.75, 3.05) is 6.54 Å². The van der Waals surface area contributed by atoms with Gasteiger partial charge in [-0.2, -0.15) is 5.26 Å². The summed E-state index contributed by atoms with van der Waals surface area (Å²) >= 11 is 0. The number of amides is 1. The van der Waals surface area contributed by atoms with Crippen molar-refractivity contribution in [3.05, 3.63) is 41.8 Å². The van der Waals surface area contributed by atoms with Crippen LogP contribution in [0.5, 0.6) is 0 Å². The summed E-state index contributed by atoms with van der Waals surface area (Å²) in [6.45, 7) is 1.64. The zero-order chi connectivity index (χ0) is 13.0. The summed E-state index contributed by atoms with van der Waals surface area (Å²) in [5.74, 6) is 0.114. The third-order valence-corrected chi connectivity index (χ3v) is 2.35. The highest BCUT2D eigenvalue weighted by Gasteiger charge is 2.17. The fraction of sp³-hybridized carbons (Fsp3) is 0.154. The first-order valence-corrected chi connectivity index (χ1v) is 5.40. The molecule has 0 saturated heterocycles. The molecule has 0 aliphatic heterocycles. The Morgan fingerprint density at radius 2 is 2.17 bits per heavy atom. The Hall–Kier alpha value is -2.61. The van der Waals surface area contributed by atoms with E-state index in [1.54, 1.807) is 6.92 Å². The van der Waals surface area contributed by atoms with Crippen molar-refractivity contribution < 1.29 is 9.21 Å². The smallest absolute Gasteiger partial charge is 0.289 e. The summed E-state index contributed by atoms with van der Waals surface area (Å²) in [7, 11) is 0. The largest absolute Gasteiger partial charge is 0.431 e. The van der Waals surface area contributed by atoms with E-state index in [-0.39, 0.29) is 12.3 Å². The van der Waals surface area contributed by atoms with Gasteiger partial charge in [-0.3, -0.25) is 4.79 Å². The Morgan fingerprint density at radius 3 is 2.83 bits per heavy atom. The molecule has 1 aromatic heterocycles. The first-order chi connectivity index (χ1) is 8.72. The van der Waals surface area contributed by atoms with Crippen molar-refractivity contribution in [3.63, 3.8) is 0 Å². The first-order valence-electron chi connectivity index (χ1n) is 5.40. The zero-order valence-corrected chi connectivity index (χ0v) is 9.80. The summed E-state index contributed by atoms with van der Waals surface area (Å²) in [5.41, 5.74) is 1.31. The second-order valence-corrected chi connectivity index (χ2v) is 3.64. The van der Waals surface area contributed by atoms with E-state index in [0.29, 0.717) is 11.6 Å².